The van der Waals surface area contributed by atoms with E-state index in [1.807, 2.05) is 67.6 Å². The van der Waals surface area contributed by atoms with Crippen LogP contribution in [0.25, 0.3) is 0 Å². The van der Waals surface area contributed by atoms with Crippen LogP contribution in [0.1, 0.15) is 23.1 Å². The first-order valence-electron chi connectivity index (χ1n) is 10.9. The fourth-order valence-corrected chi connectivity index (χ4v) is 4.31. The summed E-state index contributed by atoms with van der Waals surface area (Å²) in [5.74, 6) is -0.842. The van der Waals surface area contributed by atoms with Crippen molar-refractivity contribution in [2.75, 3.05) is 11.4 Å². The van der Waals surface area contributed by atoms with E-state index in [2.05, 4.69) is 0 Å². The van der Waals surface area contributed by atoms with Gasteiger partial charge in [0.1, 0.15) is 6.04 Å². The van der Waals surface area contributed by atoms with Gasteiger partial charge >= 0.3 is 0 Å². The summed E-state index contributed by atoms with van der Waals surface area (Å²) in [6.45, 7) is 2.26. The van der Waals surface area contributed by atoms with Gasteiger partial charge in [-0.05, 0) is 48.7 Å². The highest BCUT2D eigenvalue weighted by Crippen LogP contribution is 2.27. The van der Waals surface area contributed by atoms with Crippen LogP contribution in [0, 0.1) is 6.92 Å². The van der Waals surface area contributed by atoms with Crippen LogP contribution in [0.5, 0.6) is 0 Å². The number of hydrogen-bond acceptors (Lipinski definition) is 3. The van der Waals surface area contributed by atoms with Crippen molar-refractivity contribution in [3.05, 3.63) is 101 Å². The molecule has 1 heterocycles. The molecule has 4 rings (SSSR count). The summed E-state index contributed by atoms with van der Waals surface area (Å²) in [6, 6.07) is 23.3. The van der Waals surface area contributed by atoms with Crippen molar-refractivity contribution in [2.24, 2.45) is 0 Å². The topological polar surface area (TPSA) is 57.7 Å². The van der Waals surface area contributed by atoms with Gasteiger partial charge in [0.2, 0.25) is 11.8 Å². The molecule has 3 aromatic rings. The first-order valence-corrected chi connectivity index (χ1v) is 11.3. The Morgan fingerprint density at radius 2 is 1.67 bits per heavy atom. The van der Waals surface area contributed by atoms with Gasteiger partial charge in [-0.15, -0.1) is 0 Å². The first kappa shape index (κ1) is 22.7. The minimum atomic E-state index is -0.825. The van der Waals surface area contributed by atoms with Gasteiger partial charge < -0.3 is 4.90 Å². The molecular formula is C27H25ClN2O3. The maximum atomic E-state index is 13.4. The van der Waals surface area contributed by atoms with Crippen LogP contribution in [0.3, 0.4) is 0 Å². The molecule has 0 spiro atoms. The summed E-state index contributed by atoms with van der Waals surface area (Å²) < 4.78 is 0. The molecule has 168 valence electrons. The van der Waals surface area contributed by atoms with Crippen LogP contribution < -0.4 is 4.90 Å². The van der Waals surface area contributed by atoms with Crippen LogP contribution in [0.2, 0.25) is 5.02 Å². The Labute approximate surface area is 198 Å². The number of nitrogens with zero attached hydrogens (tertiary/aromatic N) is 2. The zero-order valence-corrected chi connectivity index (χ0v) is 19.2. The minimum Gasteiger partial charge on any atom is -0.329 e. The molecule has 1 fully saturated rings. The van der Waals surface area contributed by atoms with Gasteiger partial charge in [-0.1, -0.05) is 71.8 Å². The Hall–Kier alpha value is -3.44. The van der Waals surface area contributed by atoms with Gasteiger partial charge in [-0.3, -0.25) is 14.4 Å². The number of hydrogen-bond donors (Lipinski definition) is 0. The molecule has 0 N–H and O–H groups in total. The molecule has 0 aliphatic carbocycles. The van der Waals surface area contributed by atoms with E-state index in [4.69, 9.17) is 11.6 Å². The number of anilines is 1. The molecule has 3 aromatic carbocycles. The molecule has 33 heavy (non-hydrogen) atoms. The SMILES string of the molecule is Cc1ccc(N2C(=O)CC(N(CCc3cccc(Cl)c3)C(=O)Cc3ccccc3)C2=O)cc1. The smallest absolute Gasteiger partial charge is 0.257 e. The lowest BCUT2D eigenvalue weighted by Crippen LogP contribution is -2.47. The molecule has 1 saturated heterocycles. The lowest BCUT2D eigenvalue weighted by Gasteiger charge is -2.28. The molecule has 5 nitrogen and oxygen atoms in total. The lowest BCUT2D eigenvalue weighted by molar-refractivity contribution is -0.137. The molecular weight excluding hydrogens is 436 g/mol. The van der Waals surface area contributed by atoms with Crippen LogP contribution in [-0.4, -0.2) is 35.2 Å². The molecule has 1 unspecified atom stereocenters. The summed E-state index contributed by atoms with van der Waals surface area (Å²) in [7, 11) is 0. The summed E-state index contributed by atoms with van der Waals surface area (Å²) >= 11 is 6.11. The summed E-state index contributed by atoms with van der Waals surface area (Å²) in [6.07, 6.45) is 0.672. The number of imide groups is 1. The standard InChI is InChI=1S/C27H25ClN2O3/c1-19-10-12-23(13-11-19)30-26(32)18-24(27(30)33)29(15-14-21-8-5-9-22(28)16-21)25(31)17-20-6-3-2-4-7-20/h2-13,16,24H,14-15,17-18H2,1H3. The predicted molar refractivity (Wildman–Crippen MR) is 129 cm³/mol. The highest BCUT2D eigenvalue weighted by Gasteiger charge is 2.44. The van der Waals surface area contributed by atoms with Crippen LogP contribution in [0.15, 0.2) is 78.9 Å². The normalized spacial score (nSPS) is 15.7. The molecule has 1 atom stereocenters. The maximum absolute atomic E-state index is 13.4. The zero-order chi connectivity index (χ0) is 23.4. The third-order valence-corrected chi connectivity index (χ3v) is 6.08. The van der Waals surface area contributed by atoms with E-state index in [0.29, 0.717) is 23.7 Å². The van der Waals surface area contributed by atoms with Crippen molar-refractivity contribution in [1.29, 1.82) is 0 Å². The Balaban J connectivity index is 1.58. The molecule has 0 aromatic heterocycles. The van der Waals surface area contributed by atoms with Crippen molar-refractivity contribution in [2.45, 2.75) is 32.2 Å². The van der Waals surface area contributed by atoms with Crippen LogP contribution >= 0.6 is 11.6 Å². The van der Waals surface area contributed by atoms with E-state index < -0.39 is 6.04 Å². The molecule has 0 saturated carbocycles. The van der Waals surface area contributed by atoms with Crippen molar-refractivity contribution < 1.29 is 14.4 Å². The Bertz CT molecular complexity index is 1160. The molecule has 1 aliphatic heterocycles. The minimum absolute atomic E-state index is 0.0250. The molecule has 1 aliphatic rings. The second-order valence-corrected chi connectivity index (χ2v) is 8.69. The number of amides is 3. The van der Waals surface area contributed by atoms with E-state index in [-0.39, 0.29) is 30.6 Å². The van der Waals surface area contributed by atoms with Gasteiger partial charge in [0.05, 0.1) is 18.5 Å². The van der Waals surface area contributed by atoms with Gasteiger partial charge in [0.15, 0.2) is 0 Å². The van der Waals surface area contributed by atoms with Crippen molar-refractivity contribution in [1.82, 2.24) is 4.90 Å². The number of benzene rings is 3. The summed E-state index contributed by atoms with van der Waals surface area (Å²) in [5, 5.41) is 0.618. The fourth-order valence-electron chi connectivity index (χ4n) is 4.09. The van der Waals surface area contributed by atoms with Gasteiger partial charge in [0, 0.05) is 11.6 Å². The number of carbonyl (C=O) groups is 3. The third kappa shape index (κ3) is 5.32. The van der Waals surface area contributed by atoms with Crippen molar-refractivity contribution in [3.8, 4) is 0 Å². The van der Waals surface area contributed by atoms with E-state index in [0.717, 1.165) is 16.7 Å². The lowest BCUT2D eigenvalue weighted by atomic mass is 10.1. The Morgan fingerprint density at radius 1 is 0.970 bits per heavy atom. The zero-order valence-electron chi connectivity index (χ0n) is 18.4. The summed E-state index contributed by atoms with van der Waals surface area (Å²) in [5.41, 5.74) is 3.40. The van der Waals surface area contributed by atoms with Gasteiger partial charge in [-0.2, -0.15) is 0 Å². The van der Waals surface area contributed by atoms with Gasteiger partial charge in [0.25, 0.3) is 5.91 Å². The Kier molecular flexibility index (Phi) is 6.90. The second-order valence-electron chi connectivity index (χ2n) is 8.25. The number of rotatable bonds is 7. The highest BCUT2D eigenvalue weighted by atomic mass is 35.5. The molecule has 0 bridgehead atoms. The third-order valence-electron chi connectivity index (χ3n) is 5.84. The van der Waals surface area contributed by atoms with Crippen LogP contribution in [0.4, 0.5) is 5.69 Å². The fraction of sp³-hybridized carbons (Fsp3) is 0.222. The predicted octanol–water partition coefficient (Wildman–Crippen LogP) is 4.59. The number of carbonyl (C=O) groups excluding carboxylic acids is 3. The first-order chi connectivity index (χ1) is 15.9. The average molecular weight is 461 g/mol. The van der Waals surface area contributed by atoms with E-state index in [1.165, 1.54) is 4.90 Å². The molecule has 3 amide bonds. The maximum Gasteiger partial charge on any atom is 0.257 e. The number of halogens is 1. The van der Waals surface area contributed by atoms with E-state index in [1.54, 1.807) is 23.1 Å². The van der Waals surface area contributed by atoms with Gasteiger partial charge in [-0.25, -0.2) is 4.90 Å². The van der Waals surface area contributed by atoms with Crippen LogP contribution in [-0.2, 0) is 27.2 Å². The molecule has 6 heteroatoms. The van der Waals surface area contributed by atoms with Crippen molar-refractivity contribution >= 4 is 35.0 Å². The largest absolute Gasteiger partial charge is 0.329 e. The number of aryl methyl sites for hydroxylation is 1. The summed E-state index contributed by atoms with van der Waals surface area (Å²) in [4.78, 5) is 42.3. The van der Waals surface area contributed by atoms with E-state index >= 15 is 0 Å². The Morgan fingerprint density at radius 3 is 2.36 bits per heavy atom. The van der Waals surface area contributed by atoms with E-state index in [9.17, 15) is 14.4 Å². The van der Waals surface area contributed by atoms with Crippen molar-refractivity contribution in [3.63, 3.8) is 0 Å². The molecule has 0 radical (unpaired) electrons. The highest BCUT2D eigenvalue weighted by molar-refractivity contribution is 6.30. The quantitative estimate of drug-likeness (QED) is 0.484. The second kappa shape index (κ2) is 10.0. The average Bonchev–Trinajstić information content (AvgIpc) is 3.09. The monoisotopic (exact) mass is 460 g/mol.